The maximum absolute atomic E-state index is 13.7. The van der Waals surface area contributed by atoms with Crippen LogP contribution in [0, 0.1) is 6.92 Å². The van der Waals surface area contributed by atoms with Crippen LogP contribution in [-0.4, -0.2) is 37.6 Å². The van der Waals surface area contributed by atoms with Crippen LogP contribution in [0.4, 0.5) is 5.13 Å². The summed E-state index contributed by atoms with van der Waals surface area (Å²) in [7, 11) is 0. The second-order valence-corrected chi connectivity index (χ2v) is 7.50. The van der Waals surface area contributed by atoms with Crippen LogP contribution in [0.2, 0.25) is 0 Å². The lowest BCUT2D eigenvalue weighted by Crippen LogP contribution is -2.33. The van der Waals surface area contributed by atoms with Crippen molar-refractivity contribution in [3.8, 4) is 11.3 Å². The van der Waals surface area contributed by atoms with Crippen LogP contribution in [-0.2, 0) is 4.79 Å². The minimum absolute atomic E-state index is 0.270. The highest BCUT2D eigenvalue weighted by atomic mass is 32.1. The molecule has 31 heavy (non-hydrogen) atoms. The fraction of sp³-hybridized carbons (Fsp3) is 0.0870. The summed E-state index contributed by atoms with van der Waals surface area (Å²) in [6, 6.07) is 19.4. The van der Waals surface area contributed by atoms with Crippen LogP contribution in [0.15, 0.2) is 78.7 Å². The first-order chi connectivity index (χ1) is 15.2. The molecule has 2 heterocycles. The first-order valence-electron chi connectivity index (χ1n) is 9.63. The van der Waals surface area contributed by atoms with Crippen molar-refractivity contribution in [1.82, 2.24) is 25.2 Å². The normalized spacial score (nSPS) is 11.3. The quantitative estimate of drug-likeness (QED) is 0.324. The molecule has 0 unspecified atom stereocenters. The number of carbonyl (C=O) groups is 1. The van der Waals surface area contributed by atoms with Gasteiger partial charge in [-0.2, -0.15) is 4.68 Å². The molecule has 0 aliphatic rings. The second-order valence-electron chi connectivity index (χ2n) is 6.66. The molecule has 0 N–H and O–H groups in total. The van der Waals surface area contributed by atoms with Gasteiger partial charge in [0.05, 0.1) is 5.69 Å². The number of anilines is 1. The van der Waals surface area contributed by atoms with Crippen molar-refractivity contribution in [2.45, 2.75) is 6.92 Å². The highest BCUT2D eigenvalue weighted by Gasteiger charge is 2.25. The lowest BCUT2D eigenvalue weighted by Gasteiger charge is -2.20. The molecule has 4 aromatic rings. The van der Waals surface area contributed by atoms with Crippen molar-refractivity contribution in [1.29, 1.82) is 0 Å². The predicted molar refractivity (Wildman–Crippen MR) is 123 cm³/mol. The summed E-state index contributed by atoms with van der Waals surface area (Å²) in [6.45, 7) is 5.86. The Balaban J connectivity index is 1.75. The Hall–Kier alpha value is -3.91. The van der Waals surface area contributed by atoms with E-state index in [1.54, 1.807) is 24.0 Å². The largest absolute Gasteiger partial charge is 0.279 e. The Morgan fingerprint density at radius 3 is 2.48 bits per heavy atom. The number of benzene rings is 2. The zero-order valence-corrected chi connectivity index (χ0v) is 17.7. The molecule has 0 bridgehead atoms. The summed E-state index contributed by atoms with van der Waals surface area (Å²) in [5.74, 6) is 0.242. The molecule has 2 aromatic heterocycles. The number of nitrogens with zero attached hydrogens (tertiary/aromatic N) is 6. The van der Waals surface area contributed by atoms with Crippen molar-refractivity contribution >= 4 is 34.1 Å². The number of aromatic nitrogens is 5. The predicted octanol–water partition coefficient (Wildman–Crippen LogP) is 4.32. The molecule has 7 nitrogen and oxygen atoms in total. The number of rotatable bonds is 7. The highest BCUT2D eigenvalue weighted by molar-refractivity contribution is 7.14. The molecule has 0 aliphatic heterocycles. The van der Waals surface area contributed by atoms with Crippen LogP contribution in [0.25, 0.3) is 23.0 Å². The number of thiazole rings is 1. The van der Waals surface area contributed by atoms with Gasteiger partial charge in [0, 0.05) is 17.5 Å². The Labute approximate surface area is 184 Å². The third-order valence-corrected chi connectivity index (χ3v) is 5.39. The number of tetrazole rings is 1. The summed E-state index contributed by atoms with van der Waals surface area (Å²) in [5, 5.41) is 14.2. The lowest BCUT2D eigenvalue weighted by atomic mass is 10.2. The molecule has 4 rings (SSSR count). The maximum Gasteiger partial charge on any atom is 0.279 e. The summed E-state index contributed by atoms with van der Waals surface area (Å²) >= 11 is 1.40. The van der Waals surface area contributed by atoms with Gasteiger partial charge in [-0.1, -0.05) is 66.7 Å². The summed E-state index contributed by atoms with van der Waals surface area (Å²) in [4.78, 5) is 20.0. The smallest absolute Gasteiger partial charge is 0.279 e. The Bertz CT molecular complexity index is 1210. The molecular weight excluding hydrogens is 408 g/mol. The average Bonchev–Trinajstić information content (AvgIpc) is 3.46. The number of hydrogen-bond acceptors (Lipinski definition) is 6. The van der Waals surface area contributed by atoms with E-state index in [9.17, 15) is 4.79 Å². The third-order valence-electron chi connectivity index (χ3n) is 4.53. The standard InChI is InChI=1S/C23H20N6OS/c1-3-14-28(23-24-20(16-31-23)19-12-8-5-9-13-19)22(30)21(29-17(2)25-26-27-29)15-18-10-6-4-7-11-18/h3-13,15-16H,1,14H2,2H3/b21-15-. The van der Waals surface area contributed by atoms with Crippen molar-refractivity contribution in [2.24, 2.45) is 0 Å². The van der Waals surface area contributed by atoms with Gasteiger partial charge in [0.15, 0.2) is 11.0 Å². The van der Waals surface area contributed by atoms with E-state index >= 15 is 0 Å². The maximum atomic E-state index is 13.7. The van der Waals surface area contributed by atoms with Crippen LogP contribution in [0.1, 0.15) is 11.4 Å². The SMILES string of the molecule is C=CCN(C(=O)/C(=C/c1ccccc1)n1nnnc1C)c1nc(-c2ccccc2)cs1. The molecule has 0 saturated carbocycles. The molecule has 0 spiro atoms. The Morgan fingerprint density at radius 1 is 1.13 bits per heavy atom. The Kier molecular flexibility index (Phi) is 6.09. The fourth-order valence-electron chi connectivity index (χ4n) is 3.02. The molecule has 0 atom stereocenters. The van der Waals surface area contributed by atoms with E-state index < -0.39 is 0 Å². The molecule has 2 aromatic carbocycles. The van der Waals surface area contributed by atoms with Gasteiger partial charge >= 0.3 is 0 Å². The van der Waals surface area contributed by atoms with E-state index in [0.717, 1.165) is 16.8 Å². The molecule has 154 valence electrons. The van der Waals surface area contributed by atoms with E-state index in [2.05, 4.69) is 22.1 Å². The van der Waals surface area contributed by atoms with Crippen molar-refractivity contribution in [3.05, 3.63) is 90.1 Å². The van der Waals surface area contributed by atoms with Crippen LogP contribution in [0.3, 0.4) is 0 Å². The van der Waals surface area contributed by atoms with E-state index in [1.165, 1.54) is 16.0 Å². The molecule has 0 saturated heterocycles. The number of aryl methyl sites for hydroxylation is 1. The van der Waals surface area contributed by atoms with Gasteiger partial charge in [0.1, 0.15) is 5.70 Å². The monoisotopic (exact) mass is 428 g/mol. The lowest BCUT2D eigenvalue weighted by molar-refractivity contribution is -0.113. The molecule has 0 fully saturated rings. The van der Waals surface area contributed by atoms with E-state index in [1.807, 2.05) is 66.0 Å². The minimum Gasteiger partial charge on any atom is -0.279 e. The minimum atomic E-state index is -0.270. The van der Waals surface area contributed by atoms with Crippen LogP contribution >= 0.6 is 11.3 Å². The van der Waals surface area contributed by atoms with Crippen LogP contribution in [0.5, 0.6) is 0 Å². The molecule has 0 aliphatic carbocycles. The zero-order valence-electron chi connectivity index (χ0n) is 16.9. The van der Waals surface area contributed by atoms with E-state index in [4.69, 9.17) is 4.98 Å². The number of hydrogen-bond donors (Lipinski definition) is 0. The molecule has 1 amide bonds. The van der Waals surface area contributed by atoms with Crippen molar-refractivity contribution in [3.63, 3.8) is 0 Å². The summed E-state index contributed by atoms with van der Waals surface area (Å²) in [6.07, 6.45) is 3.45. The van der Waals surface area contributed by atoms with Gasteiger partial charge in [-0.05, 0) is 29.0 Å². The Morgan fingerprint density at radius 2 is 1.84 bits per heavy atom. The zero-order chi connectivity index (χ0) is 21.6. The van der Waals surface area contributed by atoms with Gasteiger partial charge in [0.2, 0.25) is 0 Å². The average molecular weight is 429 g/mol. The van der Waals surface area contributed by atoms with E-state index in [0.29, 0.717) is 23.2 Å². The molecular formula is C23H20N6OS. The van der Waals surface area contributed by atoms with Gasteiger partial charge < -0.3 is 0 Å². The first kappa shape index (κ1) is 20.4. The molecule has 0 radical (unpaired) electrons. The number of amides is 1. The van der Waals surface area contributed by atoms with Gasteiger partial charge in [-0.15, -0.1) is 23.0 Å². The number of carbonyl (C=O) groups excluding carboxylic acids is 1. The summed E-state index contributed by atoms with van der Waals surface area (Å²) < 4.78 is 1.44. The second kappa shape index (κ2) is 9.27. The first-order valence-corrected chi connectivity index (χ1v) is 10.5. The van der Waals surface area contributed by atoms with Crippen molar-refractivity contribution < 1.29 is 4.79 Å². The summed E-state index contributed by atoms with van der Waals surface area (Å²) in [5.41, 5.74) is 3.00. The topological polar surface area (TPSA) is 76.8 Å². The van der Waals surface area contributed by atoms with Crippen molar-refractivity contribution in [2.75, 3.05) is 11.4 Å². The fourth-order valence-corrected chi connectivity index (χ4v) is 3.86. The van der Waals surface area contributed by atoms with Gasteiger partial charge in [-0.3, -0.25) is 9.69 Å². The highest BCUT2D eigenvalue weighted by Crippen LogP contribution is 2.29. The van der Waals surface area contributed by atoms with Gasteiger partial charge in [0.25, 0.3) is 5.91 Å². The third kappa shape index (κ3) is 4.49. The molecule has 8 heteroatoms. The van der Waals surface area contributed by atoms with Crippen LogP contribution < -0.4 is 4.90 Å². The van der Waals surface area contributed by atoms with Gasteiger partial charge in [-0.25, -0.2) is 4.98 Å². The van der Waals surface area contributed by atoms with E-state index in [-0.39, 0.29) is 5.91 Å².